The van der Waals surface area contributed by atoms with Crippen molar-refractivity contribution < 1.29 is 14.8 Å². The Labute approximate surface area is 101 Å². The van der Waals surface area contributed by atoms with Crippen LogP contribution in [-0.4, -0.2) is 25.6 Å². The van der Waals surface area contributed by atoms with Gasteiger partial charge in [-0.2, -0.15) is 0 Å². The van der Waals surface area contributed by atoms with Gasteiger partial charge < -0.3 is 9.67 Å². The SMILES string of the molecule is Cc1ccc(-n2cnc(C(=O)O)c2)cc1[N+](=O)[O-]. The minimum absolute atomic E-state index is 0.0157. The molecule has 2 rings (SSSR count). The van der Waals surface area contributed by atoms with Gasteiger partial charge in [0.1, 0.15) is 6.33 Å². The molecular weight excluding hydrogens is 238 g/mol. The summed E-state index contributed by atoms with van der Waals surface area (Å²) in [5, 5.41) is 19.6. The van der Waals surface area contributed by atoms with Crippen LogP contribution < -0.4 is 0 Å². The van der Waals surface area contributed by atoms with Crippen molar-refractivity contribution in [1.82, 2.24) is 9.55 Å². The van der Waals surface area contributed by atoms with Crippen LogP contribution in [0.2, 0.25) is 0 Å². The molecule has 1 N–H and O–H groups in total. The number of aromatic carboxylic acids is 1. The summed E-state index contributed by atoms with van der Waals surface area (Å²) in [6.07, 6.45) is 2.61. The lowest BCUT2D eigenvalue weighted by Crippen LogP contribution is -1.97. The molecule has 1 aromatic carbocycles. The molecule has 0 bridgehead atoms. The van der Waals surface area contributed by atoms with Crippen molar-refractivity contribution in [2.45, 2.75) is 6.92 Å². The van der Waals surface area contributed by atoms with Crippen molar-refractivity contribution in [3.8, 4) is 5.69 Å². The first-order valence-electron chi connectivity index (χ1n) is 5.02. The zero-order valence-electron chi connectivity index (χ0n) is 9.40. The summed E-state index contributed by atoms with van der Waals surface area (Å²) in [5.74, 6) is -1.14. The lowest BCUT2D eigenvalue weighted by atomic mass is 10.2. The van der Waals surface area contributed by atoms with E-state index in [0.717, 1.165) is 0 Å². The fourth-order valence-corrected chi connectivity index (χ4v) is 1.53. The summed E-state index contributed by atoms with van der Waals surface area (Å²) < 4.78 is 1.43. The molecule has 18 heavy (non-hydrogen) atoms. The van der Waals surface area contributed by atoms with Crippen LogP contribution in [-0.2, 0) is 0 Å². The number of nitrogens with zero attached hydrogens (tertiary/aromatic N) is 3. The number of hydrogen-bond donors (Lipinski definition) is 1. The third-order valence-electron chi connectivity index (χ3n) is 2.49. The average Bonchev–Trinajstić information content (AvgIpc) is 2.78. The van der Waals surface area contributed by atoms with Crippen molar-refractivity contribution in [3.63, 3.8) is 0 Å². The van der Waals surface area contributed by atoms with E-state index in [9.17, 15) is 14.9 Å². The number of aromatic nitrogens is 2. The number of imidazole rings is 1. The maximum atomic E-state index is 10.8. The molecule has 0 unspecified atom stereocenters. The second kappa shape index (κ2) is 4.28. The Morgan fingerprint density at radius 3 is 2.78 bits per heavy atom. The molecule has 1 heterocycles. The second-order valence-electron chi connectivity index (χ2n) is 3.70. The number of carbonyl (C=O) groups is 1. The first-order chi connectivity index (χ1) is 8.49. The molecule has 1 aromatic heterocycles. The van der Waals surface area contributed by atoms with Crippen LogP contribution in [0.5, 0.6) is 0 Å². The van der Waals surface area contributed by atoms with E-state index in [1.807, 2.05) is 0 Å². The molecule has 0 atom stereocenters. The number of nitro groups is 1. The van der Waals surface area contributed by atoms with Crippen LogP contribution in [0.15, 0.2) is 30.7 Å². The van der Waals surface area contributed by atoms with Crippen LogP contribution >= 0.6 is 0 Å². The third kappa shape index (κ3) is 2.05. The number of nitro benzene ring substituents is 1. The first-order valence-corrected chi connectivity index (χ1v) is 5.02. The number of hydrogen-bond acceptors (Lipinski definition) is 4. The van der Waals surface area contributed by atoms with Gasteiger partial charge in [-0.05, 0) is 13.0 Å². The van der Waals surface area contributed by atoms with Crippen molar-refractivity contribution in [1.29, 1.82) is 0 Å². The summed E-state index contributed by atoms with van der Waals surface area (Å²) in [5.41, 5.74) is 0.908. The van der Waals surface area contributed by atoms with Crippen LogP contribution in [0.25, 0.3) is 5.69 Å². The summed E-state index contributed by atoms with van der Waals surface area (Å²) in [7, 11) is 0. The molecule has 7 heteroatoms. The molecule has 0 fully saturated rings. The van der Waals surface area contributed by atoms with E-state index < -0.39 is 10.9 Å². The van der Waals surface area contributed by atoms with E-state index in [1.54, 1.807) is 19.1 Å². The van der Waals surface area contributed by atoms with E-state index in [2.05, 4.69) is 4.98 Å². The summed E-state index contributed by atoms with van der Waals surface area (Å²) >= 11 is 0. The van der Waals surface area contributed by atoms with Gasteiger partial charge in [0.25, 0.3) is 5.69 Å². The van der Waals surface area contributed by atoms with E-state index in [0.29, 0.717) is 11.3 Å². The van der Waals surface area contributed by atoms with Crippen molar-refractivity contribution >= 4 is 11.7 Å². The fourth-order valence-electron chi connectivity index (χ4n) is 1.53. The number of benzene rings is 1. The molecule has 0 spiro atoms. The summed E-state index contributed by atoms with van der Waals surface area (Å²) in [6.45, 7) is 1.64. The lowest BCUT2D eigenvalue weighted by molar-refractivity contribution is -0.385. The molecule has 0 saturated heterocycles. The maximum Gasteiger partial charge on any atom is 0.356 e. The van der Waals surface area contributed by atoms with Crippen LogP contribution in [0.3, 0.4) is 0 Å². The molecule has 0 radical (unpaired) electrons. The van der Waals surface area contributed by atoms with Gasteiger partial charge in [-0.3, -0.25) is 10.1 Å². The Morgan fingerprint density at radius 1 is 1.50 bits per heavy atom. The Kier molecular flexibility index (Phi) is 2.80. The highest BCUT2D eigenvalue weighted by atomic mass is 16.6. The smallest absolute Gasteiger partial charge is 0.356 e. The molecule has 0 aliphatic carbocycles. The van der Waals surface area contributed by atoms with Crippen LogP contribution in [0, 0.1) is 17.0 Å². The van der Waals surface area contributed by atoms with Gasteiger partial charge in [0.05, 0.1) is 10.6 Å². The number of aryl methyl sites for hydroxylation is 1. The van der Waals surface area contributed by atoms with Crippen molar-refractivity contribution in [2.75, 3.05) is 0 Å². The predicted molar refractivity (Wildman–Crippen MR) is 61.9 cm³/mol. The maximum absolute atomic E-state index is 10.8. The molecule has 0 aliphatic rings. The van der Waals surface area contributed by atoms with Gasteiger partial charge in [0, 0.05) is 17.8 Å². The van der Waals surface area contributed by atoms with Crippen LogP contribution in [0.4, 0.5) is 5.69 Å². The number of carboxylic acids is 1. The van der Waals surface area contributed by atoms with Gasteiger partial charge in [0.15, 0.2) is 5.69 Å². The minimum atomic E-state index is -1.14. The van der Waals surface area contributed by atoms with Crippen molar-refractivity contribution in [3.05, 3.63) is 52.1 Å². The highest BCUT2D eigenvalue weighted by molar-refractivity contribution is 5.85. The summed E-state index contributed by atoms with van der Waals surface area (Å²) in [4.78, 5) is 24.7. The van der Waals surface area contributed by atoms with Crippen LogP contribution in [0.1, 0.15) is 16.1 Å². The van der Waals surface area contributed by atoms with Gasteiger partial charge in [-0.15, -0.1) is 0 Å². The zero-order valence-corrected chi connectivity index (χ0v) is 9.40. The molecule has 2 aromatic rings. The Bertz CT molecular complexity index is 633. The largest absolute Gasteiger partial charge is 0.476 e. The molecule has 0 aliphatic heterocycles. The quantitative estimate of drug-likeness (QED) is 0.658. The lowest BCUT2D eigenvalue weighted by Gasteiger charge is -2.03. The van der Waals surface area contributed by atoms with Gasteiger partial charge >= 0.3 is 5.97 Å². The van der Waals surface area contributed by atoms with E-state index in [4.69, 9.17) is 5.11 Å². The molecule has 0 saturated carbocycles. The Balaban J connectivity index is 2.47. The Morgan fingerprint density at radius 2 is 2.22 bits per heavy atom. The summed E-state index contributed by atoms with van der Waals surface area (Å²) in [6, 6.07) is 4.65. The highest BCUT2D eigenvalue weighted by Crippen LogP contribution is 2.21. The molecule has 7 nitrogen and oxygen atoms in total. The molecule has 92 valence electrons. The topological polar surface area (TPSA) is 98.3 Å². The first kappa shape index (κ1) is 11.8. The molecule has 0 amide bonds. The van der Waals surface area contributed by atoms with E-state index in [1.165, 1.54) is 23.2 Å². The normalized spacial score (nSPS) is 10.3. The van der Waals surface area contributed by atoms with Gasteiger partial charge in [-0.1, -0.05) is 6.07 Å². The van der Waals surface area contributed by atoms with Crippen molar-refractivity contribution in [2.24, 2.45) is 0 Å². The highest BCUT2D eigenvalue weighted by Gasteiger charge is 2.13. The Hall–Kier alpha value is -2.70. The van der Waals surface area contributed by atoms with E-state index in [-0.39, 0.29) is 11.4 Å². The number of carboxylic acid groups (broad SMARTS) is 1. The minimum Gasteiger partial charge on any atom is -0.476 e. The third-order valence-corrected chi connectivity index (χ3v) is 2.49. The second-order valence-corrected chi connectivity index (χ2v) is 3.70. The average molecular weight is 247 g/mol. The van der Waals surface area contributed by atoms with Gasteiger partial charge in [-0.25, -0.2) is 9.78 Å². The predicted octanol–water partition coefficient (Wildman–Crippen LogP) is 1.79. The molecular formula is C11H9N3O4. The van der Waals surface area contributed by atoms with Gasteiger partial charge in [0.2, 0.25) is 0 Å². The zero-order chi connectivity index (χ0) is 13.3. The monoisotopic (exact) mass is 247 g/mol. The van der Waals surface area contributed by atoms with E-state index >= 15 is 0 Å². The standard InChI is InChI=1S/C11H9N3O4/c1-7-2-3-8(4-10(7)14(17)18)13-5-9(11(15)16)12-6-13/h2-6H,1H3,(H,15,16). The fraction of sp³-hybridized carbons (Fsp3) is 0.0909. The number of rotatable bonds is 3.